The highest BCUT2D eigenvalue weighted by molar-refractivity contribution is 5.94. The maximum Gasteiger partial charge on any atom is 0.326 e. The standard InChI is InChI=1S/C22H31N5O10/c23-13(9-11-1-3-12(29)4-2-11)19(33)25-14(6-8-18(31)32)20(34)27-16(10-28)21(35)26-15(22(36)37)5-7-17(24)30/h1-4,13-16,28-29H,5-10,23H2,(H2,24,30)(H,25,33)(H,26,35)(H,27,34)(H,31,32)(H,36,37). The quantitative estimate of drug-likeness (QED) is 0.104. The third-order valence-corrected chi connectivity index (χ3v) is 5.12. The first kappa shape index (κ1) is 30.8. The van der Waals surface area contributed by atoms with Crippen LogP contribution in [0.3, 0.4) is 0 Å². The summed E-state index contributed by atoms with van der Waals surface area (Å²) >= 11 is 0. The molecular formula is C22H31N5O10. The molecule has 1 aromatic carbocycles. The van der Waals surface area contributed by atoms with E-state index in [1.54, 1.807) is 0 Å². The molecule has 15 nitrogen and oxygen atoms in total. The fourth-order valence-electron chi connectivity index (χ4n) is 3.08. The largest absolute Gasteiger partial charge is 0.508 e. The maximum absolute atomic E-state index is 12.8. The van der Waals surface area contributed by atoms with Gasteiger partial charge in [-0.25, -0.2) is 4.79 Å². The van der Waals surface area contributed by atoms with Gasteiger partial charge in [0, 0.05) is 12.8 Å². The highest BCUT2D eigenvalue weighted by Gasteiger charge is 2.30. The van der Waals surface area contributed by atoms with E-state index in [0.717, 1.165) is 0 Å². The molecular weight excluding hydrogens is 494 g/mol. The molecule has 11 N–H and O–H groups in total. The number of aliphatic carboxylic acids is 2. The van der Waals surface area contributed by atoms with E-state index in [0.29, 0.717) is 5.56 Å². The van der Waals surface area contributed by atoms with Gasteiger partial charge in [-0.2, -0.15) is 0 Å². The normalized spacial score (nSPS) is 13.9. The average molecular weight is 526 g/mol. The predicted molar refractivity (Wildman–Crippen MR) is 126 cm³/mol. The number of hydrogen-bond acceptors (Lipinski definition) is 9. The number of aromatic hydroxyl groups is 1. The maximum atomic E-state index is 12.8. The summed E-state index contributed by atoms with van der Waals surface area (Å²) in [6.07, 6.45) is -1.56. The van der Waals surface area contributed by atoms with E-state index in [1.165, 1.54) is 24.3 Å². The van der Waals surface area contributed by atoms with Crippen molar-refractivity contribution in [2.45, 2.75) is 56.3 Å². The molecule has 37 heavy (non-hydrogen) atoms. The zero-order chi connectivity index (χ0) is 28.1. The summed E-state index contributed by atoms with van der Waals surface area (Å²) in [6, 6.07) is 0.0664. The number of nitrogens with one attached hydrogen (secondary N) is 3. The van der Waals surface area contributed by atoms with Crippen LogP contribution in [0.15, 0.2) is 24.3 Å². The van der Waals surface area contributed by atoms with Crippen LogP contribution in [0.5, 0.6) is 5.75 Å². The number of carbonyl (C=O) groups excluding carboxylic acids is 4. The Labute approximate surface area is 211 Å². The molecule has 0 aliphatic heterocycles. The predicted octanol–water partition coefficient (Wildman–Crippen LogP) is -3.08. The van der Waals surface area contributed by atoms with E-state index in [9.17, 15) is 44.1 Å². The number of aliphatic hydroxyl groups is 1. The van der Waals surface area contributed by atoms with Crippen LogP contribution in [-0.4, -0.2) is 86.8 Å². The van der Waals surface area contributed by atoms with Crippen LogP contribution in [0.4, 0.5) is 0 Å². The van der Waals surface area contributed by atoms with Crippen molar-refractivity contribution < 1.29 is 49.2 Å². The van der Waals surface area contributed by atoms with Crippen LogP contribution >= 0.6 is 0 Å². The van der Waals surface area contributed by atoms with Crippen molar-refractivity contribution in [2.75, 3.05) is 6.61 Å². The lowest BCUT2D eigenvalue weighted by Crippen LogP contribution is -2.58. The molecule has 1 aromatic rings. The minimum Gasteiger partial charge on any atom is -0.508 e. The first-order valence-corrected chi connectivity index (χ1v) is 11.1. The van der Waals surface area contributed by atoms with Crippen molar-refractivity contribution in [3.63, 3.8) is 0 Å². The van der Waals surface area contributed by atoms with Gasteiger partial charge < -0.3 is 47.8 Å². The molecule has 0 aromatic heterocycles. The highest BCUT2D eigenvalue weighted by Crippen LogP contribution is 2.11. The second kappa shape index (κ2) is 15.0. The van der Waals surface area contributed by atoms with E-state index < -0.39 is 72.8 Å². The first-order valence-electron chi connectivity index (χ1n) is 11.1. The van der Waals surface area contributed by atoms with E-state index >= 15 is 0 Å². The van der Waals surface area contributed by atoms with Gasteiger partial charge in [0.1, 0.15) is 23.9 Å². The minimum absolute atomic E-state index is 0.0113. The number of phenols is 1. The second-order valence-electron chi connectivity index (χ2n) is 8.12. The van der Waals surface area contributed by atoms with Crippen molar-refractivity contribution in [2.24, 2.45) is 11.5 Å². The van der Waals surface area contributed by atoms with Crippen LogP contribution in [0.25, 0.3) is 0 Å². The second-order valence-corrected chi connectivity index (χ2v) is 8.12. The molecule has 0 fully saturated rings. The summed E-state index contributed by atoms with van der Waals surface area (Å²) in [5.74, 6) is -6.46. The number of nitrogens with two attached hydrogens (primary N) is 2. The number of carboxylic acid groups (broad SMARTS) is 2. The molecule has 0 heterocycles. The van der Waals surface area contributed by atoms with E-state index in [2.05, 4.69) is 16.0 Å². The smallest absolute Gasteiger partial charge is 0.326 e. The van der Waals surface area contributed by atoms with Crippen LogP contribution in [-0.2, 0) is 35.2 Å². The van der Waals surface area contributed by atoms with Gasteiger partial charge >= 0.3 is 11.9 Å². The monoisotopic (exact) mass is 525 g/mol. The van der Waals surface area contributed by atoms with Crippen molar-refractivity contribution in [3.8, 4) is 5.75 Å². The van der Waals surface area contributed by atoms with E-state index in [4.69, 9.17) is 16.6 Å². The molecule has 1 rings (SSSR count). The number of primary amides is 1. The Balaban J connectivity index is 2.88. The van der Waals surface area contributed by atoms with Crippen molar-refractivity contribution in [1.29, 1.82) is 0 Å². The summed E-state index contributed by atoms with van der Waals surface area (Å²) in [6.45, 7) is -0.959. The van der Waals surface area contributed by atoms with Gasteiger partial charge in [-0.1, -0.05) is 12.1 Å². The molecule has 0 saturated heterocycles. The Morgan fingerprint density at radius 2 is 1.30 bits per heavy atom. The highest BCUT2D eigenvalue weighted by atomic mass is 16.4. The summed E-state index contributed by atoms with van der Waals surface area (Å²) in [4.78, 5) is 71.0. The summed E-state index contributed by atoms with van der Waals surface area (Å²) in [5, 5.41) is 43.6. The fraction of sp³-hybridized carbons (Fsp3) is 0.455. The summed E-state index contributed by atoms with van der Waals surface area (Å²) < 4.78 is 0. The number of amides is 4. The molecule has 204 valence electrons. The summed E-state index contributed by atoms with van der Waals surface area (Å²) in [7, 11) is 0. The molecule has 15 heteroatoms. The molecule has 4 unspecified atom stereocenters. The van der Waals surface area contributed by atoms with Crippen LogP contribution in [0, 0.1) is 0 Å². The zero-order valence-corrected chi connectivity index (χ0v) is 19.8. The SMILES string of the molecule is NC(=O)CCC(NC(=O)C(CO)NC(=O)C(CCC(=O)O)NC(=O)C(N)Cc1ccc(O)cc1)C(=O)O. The number of phenolic OH excluding ortho intramolecular Hbond substituents is 1. The van der Waals surface area contributed by atoms with Crippen molar-refractivity contribution in [3.05, 3.63) is 29.8 Å². The van der Waals surface area contributed by atoms with Gasteiger partial charge in [-0.15, -0.1) is 0 Å². The van der Waals surface area contributed by atoms with Crippen LogP contribution in [0.2, 0.25) is 0 Å². The van der Waals surface area contributed by atoms with Gasteiger partial charge in [0.2, 0.25) is 23.6 Å². The summed E-state index contributed by atoms with van der Waals surface area (Å²) in [5.41, 5.74) is 11.5. The zero-order valence-electron chi connectivity index (χ0n) is 19.8. The van der Waals surface area contributed by atoms with Gasteiger partial charge in [-0.05, 0) is 37.0 Å². The first-order chi connectivity index (χ1) is 17.3. The third kappa shape index (κ3) is 11.4. The lowest BCUT2D eigenvalue weighted by molar-refractivity contribution is -0.143. The number of aliphatic hydroxyl groups excluding tert-OH is 1. The third-order valence-electron chi connectivity index (χ3n) is 5.12. The molecule has 0 aliphatic carbocycles. The van der Waals surface area contributed by atoms with Gasteiger partial charge in [0.15, 0.2) is 0 Å². The van der Waals surface area contributed by atoms with Gasteiger partial charge in [0.25, 0.3) is 0 Å². The van der Waals surface area contributed by atoms with Gasteiger partial charge in [-0.3, -0.25) is 24.0 Å². The molecule has 0 spiro atoms. The molecule has 4 atom stereocenters. The number of hydrogen-bond donors (Lipinski definition) is 9. The number of rotatable bonds is 16. The van der Waals surface area contributed by atoms with Gasteiger partial charge in [0.05, 0.1) is 12.6 Å². The molecule has 0 saturated carbocycles. The van der Waals surface area contributed by atoms with Crippen LogP contribution in [0.1, 0.15) is 31.2 Å². The van der Waals surface area contributed by atoms with E-state index in [-0.39, 0.29) is 31.4 Å². The Morgan fingerprint density at radius 3 is 1.81 bits per heavy atom. The molecule has 0 aliphatic rings. The number of carboxylic acids is 2. The average Bonchev–Trinajstić information content (AvgIpc) is 2.83. The Bertz CT molecular complexity index is 985. The minimum atomic E-state index is -1.65. The Morgan fingerprint density at radius 1 is 0.784 bits per heavy atom. The molecule has 4 amide bonds. The van der Waals surface area contributed by atoms with Crippen molar-refractivity contribution >= 4 is 35.6 Å². The fourth-order valence-corrected chi connectivity index (χ4v) is 3.08. The molecule has 0 bridgehead atoms. The van der Waals surface area contributed by atoms with E-state index in [1.807, 2.05) is 0 Å². The molecule has 0 radical (unpaired) electrons. The topological polar surface area (TPSA) is 271 Å². The number of benzene rings is 1. The number of carbonyl (C=O) groups is 6. The lowest BCUT2D eigenvalue weighted by Gasteiger charge is -2.24. The Kier molecular flexibility index (Phi) is 12.5. The van der Waals surface area contributed by atoms with Crippen LogP contribution < -0.4 is 27.4 Å². The van der Waals surface area contributed by atoms with Crippen molar-refractivity contribution in [1.82, 2.24) is 16.0 Å². The lowest BCUT2D eigenvalue weighted by atomic mass is 10.0. The Hall–Kier alpha value is -4.24.